The highest BCUT2D eigenvalue weighted by Crippen LogP contribution is 2.17. The normalized spacial score (nSPS) is 17.1. The molecule has 0 N–H and O–H groups in total. The van der Waals surface area contributed by atoms with Gasteiger partial charge in [-0.3, -0.25) is 4.79 Å². The zero-order chi connectivity index (χ0) is 9.97. The summed E-state index contributed by atoms with van der Waals surface area (Å²) >= 11 is 6.67. The molecule has 1 amide bonds. The molecule has 1 fully saturated rings. The smallest absolute Gasteiger partial charge is 0.286 e. The van der Waals surface area contributed by atoms with Crippen LogP contribution in [0.3, 0.4) is 0 Å². The lowest BCUT2D eigenvalue weighted by Crippen LogP contribution is -2.38. The Hall–Kier alpha value is -0.720. The molecule has 1 aliphatic heterocycles. The van der Waals surface area contributed by atoms with Crippen LogP contribution in [0.4, 0.5) is 0 Å². The van der Waals surface area contributed by atoms with Crippen molar-refractivity contribution >= 4 is 28.8 Å². The Bertz CT molecular complexity index is 337. The van der Waals surface area contributed by atoms with Crippen LogP contribution in [0.15, 0.2) is 0 Å². The lowest BCUT2D eigenvalue weighted by Gasteiger charge is -2.25. The first-order valence-corrected chi connectivity index (χ1v) is 5.33. The van der Waals surface area contributed by atoms with Gasteiger partial charge in [0, 0.05) is 6.54 Å². The Morgan fingerprint density at radius 1 is 1.57 bits per heavy atom. The highest BCUT2D eigenvalue weighted by molar-refractivity contribution is 7.17. The standard InChI is InChI=1S/C7H8ClN3O2S/c8-7-10-9-5(14-7)6(12)11-2-1-3-13-4-11/h1-4H2. The number of ether oxygens (including phenoxy) is 1. The molecule has 76 valence electrons. The number of aromatic nitrogens is 2. The topological polar surface area (TPSA) is 55.3 Å². The minimum Gasteiger partial charge on any atom is -0.361 e. The average molecular weight is 234 g/mol. The molecule has 0 atom stereocenters. The zero-order valence-corrected chi connectivity index (χ0v) is 8.85. The van der Waals surface area contributed by atoms with Crippen LogP contribution in [0.1, 0.15) is 16.2 Å². The Kier molecular flexibility index (Phi) is 2.95. The number of nitrogens with zero attached hydrogens (tertiary/aromatic N) is 3. The molecule has 0 bridgehead atoms. The van der Waals surface area contributed by atoms with Crippen molar-refractivity contribution in [2.24, 2.45) is 0 Å². The van der Waals surface area contributed by atoms with Gasteiger partial charge in [-0.2, -0.15) is 0 Å². The molecule has 1 saturated heterocycles. The van der Waals surface area contributed by atoms with Gasteiger partial charge in [-0.15, -0.1) is 10.2 Å². The molecule has 14 heavy (non-hydrogen) atoms. The van der Waals surface area contributed by atoms with E-state index in [0.29, 0.717) is 24.9 Å². The molecular formula is C7H8ClN3O2S. The van der Waals surface area contributed by atoms with Gasteiger partial charge in [-0.05, 0) is 18.0 Å². The van der Waals surface area contributed by atoms with Crippen LogP contribution in [0.2, 0.25) is 4.47 Å². The lowest BCUT2D eigenvalue weighted by molar-refractivity contribution is -0.00576. The van der Waals surface area contributed by atoms with E-state index in [9.17, 15) is 4.79 Å². The zero-order valence-electron chi connectivity index (χ0n) is 7.27. The van der Waals surface area contributed by atoms with Crippen molar-refractivity contribution in [3.63, 3.8) is 0 Å². The third-order valence-electron chi connectivity index (χ3n) is 1.83. The van der Waals surface area contributed by atoms with Gasteiger partial charge >= 0.3 is 0 Å². The lowest BCUT2D eigenvalue weighted by atomic mass is 10.3. The van der Waals surface area contributed by atoms with E-state index in [4.69, 9.17) is 16.3 Å². The molecule has 2 rings (SSSR count). The van der Waals surface area contributed by atoms with Crippen molar-refractivity contribution < 1.29 is 9.53 Å². The molecule has 0 saturated carbocycles. The van der Waals surface area contributed by atoms with Gasteiger partial charge in [0.25, 0.3) is 5.91 Å². The van der Waals surface area contributed by atoms with Crippen molar-refractivity contribution in [1.82, 2.24) is 15.1 Å². The number of hydrogen-bond donors (Lipinski definition) is 0. The van der Waals surface area contributed by atoms with Gasteiger partial charge in [-0.25, -0.2) is 0 Å². The number of carbonyl (C=O) groups excluding carboxylic acids is 1. The summed E-state index contributed by atoms with van der Waals surface area (Å²) in [7, 11) is 0. The molecule has 0 unspecified atom stereocenters. The van der Waals surface area contributed by atoms with E-state index in [1.807, 2.05) is 0 Å². The fourth-order valence-corrected chi connectivity index (χ4v) is 1.98. The molecule has 0 spiro atoms. The molecular weight excluding hydrogens is 226 g/mol. The second kappa shape index (κ2) is 4.20. The van der Waals surface area contributed by atoms with E-state index in [2.05, 4.69) is 10.2 Å². The molecule has 0 aliphatic carbocycles. The van der Waals surface area contributed by atoms with Crippen LogP contribution in [-0.2, 0) is 4.74 Å². The Morgan fingerprint density at radius 3 is 3.00 bits per heavy atom. The molecule has 0 aromatic carbocycles. The summed E-state index contributed by atoms with van der Waals surface area (Å²) in [6, 6.07) is 0. The van der Waals surface area contributed by atoms with Gasteiger partial charge < -0.3 is 9.64 Å². The maximum absolute atomic E-state index is 11.7. The molecule has 1 aromatic rings. The fourth-order valence-electron chi connectivity index (χ4n) is 1.18. The van der Waals surface area contributed by atoms with Gasteiger partial charge in [0.05, 0.1) is 6.61 Å². The second-order valence-corrected chi connectivity index (χ2v) is 4.38. The average Bonchev–Trinajstić information content (AvgIpc) is 2.65. The molecule has 7 heteroatoms. The van der Waals surface area contributed by atoms with E-state index < -0.39 is 0 Å². The van der Waals surface area contributed by atoms with Crippen molar-refractivity contribution in [3.8, 4) is 0 Å². The molecule has 2 heterocycles. The fraction of sp³-hybridized carbons (Fsp3) is 0.571. The largest absolute Gasteiger partial charge is 0.361 e. The number of rotatable bonds is 1. The minimum absolute atomic E-state index is 0.158. The summed E-state index contributed by atoms with van der Waals surface area (Å²) in [5.41, 5.74) is 0. The van der Waals surface area contributed by atoms with Crippen LogP contribution in [-0.4, -0.2) is 40.9 Å². The number of amides is 1. The summed E-state index contributed by atoms with van der Waals surface area (Å²) in [5.74, 6) is -0.158. The first-order chi connectivity index (χ1) is 6.77. The highest BCUT2D eigenvalue weighted by Gasteiger charge is 2.21. The van der Waals surface area contributed by atoms with E-state index >= 15 is 0 Å². The van der Waals surface area contributed by atoms with Crippen LogP contribution in [0.5, 0.6) is 0 Å². The van der Waals surface area contributed by atoms with Crippen molar-refractivity contribution in [2.75, 3.05) is 19.9 Å². The maximum atomic E-state index is 11.7. The SMILES string of the molecule is O=C(c1nnc(Cl)s1)N1CCCOC1. The van der Waals surface area contributed by atoms with E-state index in [-0.39, 0.29) is 10.4 Å². The minimum atomic E-state index is -0.158. The summed E-state index contributed by atoms with van der Waals surface area (Å²) in [6.45, 7) is 1.74. The number of halogens is 1. The Labute approximate surface area is 89.6 Å². The van der Waals surface area contributed by atoms with Crippen LogP contribution in [0.25, 0.3) is 0 Å². The van der Waals surface area contributed by atoms with Gasteiger partial charge in [-0.1, -0.05) is 11.3 Å². The van der Waals surface area contributed by atoms with Crippen molar-refractivity contribution in [2.45, 2.75) is 6.42 Å². The molecule has 5 nitrogen and oxygen atoms in total. The third kappa shape index (κ3) is 2.02. The van der Waals surface area contributed by atoms with Crippen LogP contribution < -0.4 is 0 Å². The summed E-state index contributed by atoms with van der Waals surface area (Å²) < 4.78 is 5.44. The number of hydrogen-bond acceptors (Lipinski definition) is 5. The predicted molar refractivity (Wildman–Crippen MR) is 51.4 cm³/mol. The predicted octanol–water partition coefficient (Wildman–Crippen LogP) is 1.01. The van der Waals surface area contributed by atoms with E-state index in [1.54, 1.807) is 4.90 Å². The summed E-state index contributed by atoms with van der Waals surface area (Å²) in [5, 5.41) is 7.58. The highest BCUT2D eigenvalue weighted by atomic mass is 35.5. The van der Waals surface area contributed by atoms with Gasteiger partial charge in [0.15, 0.2) is 0 Å². The van der Waals surface area contributed by atoms with E-state index in [0.717, 1.165) is 17.8 Å². The summed E-state index contributed by atoms with van der Waals surface area (Å²) in [4.78, 5) is 13.3. The number of carbonyl (C=O) groups is 1. The Morgan fingerprint density at radius 2 is 2.43 bits per heavy atom. The van der Waals surface area contributed by atoms with Crippen LogP contribution >= 0.6 is 22.9 Å². The van der Waals surface area contributed by atoms with Crippen molar-refractivity contribution in [1.29, 1.82) is 0 Å². The van der Waals surface area contributed by atoms with Crippen LogP contribution in [0, 0.1) is 0 Å². The molecule has 1 aliphatic rings. The van der Waals surface area contributed by atoms with Gasteiger partial charge in [0.1, 0.15) is 6.73 Å². The monoisotopic (exact) mass is 233 g/mol. The second-order valence-electron chi connectivity index (χ2n) is 2.82. The first kappa shape index (κ1) is 9.82. The van der Waals surface area contributed by atoms with E-state index in [1.165, 1.54) is 0 Å². The Balaban J connectivity index is 2.07. The third-order valence-corrected chi connectivity index (χ3v) is 2.84. The molecule has 1 aromatic heterocycles. The maximum Gasteiger partial charge on any atom is 0.286 e. The first-order valence-electron chi connectivity index (χ1n) is 4.13. The quantitative estimate of drug-likeness (QED) is 0.727. The van der Waals surface area contributed by atoms with Crippen molar-refractivity contribution in [3.05, 3.63) is 9.47 Å². The summed E-state index contributed by atoms with van der Waals surface area (Å²) in [6.07, 6.45) is 0.859. The van der Waals surface area contributed by atoms with Gasteiger partial charge in [0.2, 0.25) is 9.47 Å². The molecule has 0 radical (unpaired) electrons.